The number of alkyl halides is 1. The first-order valence-electron chi connectivity index (χ1n) is 5.68. The summed E-state index contributed by atoms with van der Waals surface area (Å²) in [5.41, 5.74) is -1.11. The molecule has 1 unspecified atom stereocenters. The molecule has 0 aromatic heterocycles. The van der Waals surface area contributed by atoms with Gasteiger partial charge in [-0.1, -0.05) is 37.0 Å². The zero-order chi connectivity index (χ0) is 13.4. The number of benzene rings is 1. The summed E-state index contributed by atoms with van der Waals surface area (Å²) in [5.74, 6) is 0.533. The van der Waals surface area contributed by atoms with Crippen molar-refractivity contribution < 1.29 is 13.9 Å². The van der Waals surface area contributed by atoms with E-state index < -0.39 is 17.7 Å². The zero-order valence-corrected chi connectivity index (χ0v) is 11.8. The number of rotatable bonds is 5. The SMILES string of the molecule is CC(C)(CF)C1(COc2ccc(Cl)cc2Cl)CO1. The third kappa shape index (κ3) is 2.58. The molecule has 0 aliphatic carbocycles. The minimum absolute atomic E-state index is 0.283. The van der Waals surface area contributed by atoms with E-state index in [1.54, 1.807) is 18.2 Å². The molecule has 2 rings (SSSR count). The maximum Gasteiger partial charge on any atom is 0.138 e. The summed E-state index contributed by atoms with van der Waals surface area (Å²) in [6.07, 6.45) is 0. The molecule has 1 aromatic rings. The van der Waals surface area contributed by atoms with Crippen LogP contribution >= 0.6 is 23.2 Å². The van der Waals surface area contributed by atoms with Gasteiger partial charge in [0.1, 0.15) is 18.0 Å². The van der Waals surface area contributed by atoms with Crippen LogP contribution in [0.5, 0.6) is 5.75 Å². The lowest BCUT2D eigenvalue weighted by molar-refractivity contribution is 0.0607. The van der Waals surface area contributed by atoms with Gasteiger partial charge in [0.05, 0.1) is 18.3 Å². The van der Waals surface area contributed by atoms with Crippen LogP contribution in [0.1, 0.15) is 13.8 Å². The van der Waals surface area contributed by atoms with Crippen LogP contribution in [0.4, 0.5) is 4.39 Å². The number of hydrogen-bond donors (Lipinski definition) is 0. The van der Waals surface area contributed by atoms with Gasteiger partial charge in [-0.3, -0.25) is 4.39 Å². The number of ether oxygens (including phenoxy) is 2. The number of halogens is 3. The lowest BCUT2D eigenvalue weighted by Gasteiger charge is -2.28. The summed E-state index contributed by atoms with van der Waals surface area (Å²) in [7, 11) is 0. The normalized spacial score (nSPS) is 22.9. The van der Waals surface area contributed by atoms with Crippen LogP contribution in [0.25, 0.3) is 0 Å². The molecule has 100 valence electrons. The average Bonchev–Trinajstić information content (AvgIpc) is 3.09. The summed E-state index contributed by atoms with van der Waals surface area (Å²) >= 11 is 11.8. The van der Waals surface area contributed by atoms with E-state index in [-0.39, 0.29) is 6.61 Å². The molecule has 1 fully saturated rings. The Bertz CT molecular complexity index is 445. The molecule has 0 amide bonds. The smallest absolute Gasteiger partial charge is 0.138 e. The van der Waals surface area contributed by atoms with Crippen LogP contribution < -0.4 is 4.74 Å². The van der Waals surface area contributed by atoms with Gasteiger partial charge in [0.25, 0.3) is 0 Å². The lowest BCUT2D eigenvalue weighted by Crippen LogP contribution is -2.40. The number of hydrogen-bond acceptors (Lipinski definition) is 2. The van der Waals surface area contributed by atoms with Crippen molar-refractivity contribution in [2.45, 2.75) is 19.4 Å². The Balaban J connectivity index is 2.04. The highest BCUT2D eigenvalue weighted by Gasteiger charge is 2.57. The van der Waals surface area contributed by atoms with Crippen molar-refractivity contribution in [3.05, 3.63) is 28.2 Å². The largest absolute Gasteiger partial charge is 0.489 e. The van der Waals surface area contributed by atoms with Gasteiger partial charge in [-0.2, -0.15) is 0 Å². The van der Waals surface area contributed by atoms with E-state index in [1.165, 1.54) is 0 Å². The average molecular weight is 293 g/mol. The molecule has 1 saturated heterocycles. The van der Waals surface area contributed by atoms with Crippen LogP contribution in [0, 0.1) is 5.41 Å². The summed E-state index contributed by atoms with van der Waals surface area (Å²) in [6, 6.07) is 5.01. The van der Waals surface area contributed by atoms with Crippen molar-refractivity contribution in [2.75, 3.05) is 19.9 Å². The minimum Gasteiger partial charge on any atom is -0.489 e. The molecule has 0 saturated carbocycles. The zero-order valence-electron chi connectivity index (χ0n) is 10.3. The number of epoxide rings is 1. The van der Waals surface area contributed by atoms with Gasteiger partial charge in [-0.25, -0.2) is 0 Å². The summed E-state index contributed by atoms with van der Waals surface area (Å²) in [6.45, 7) is 3.99. The third-order valence-corrected chi connectivity index (χ3v) is 3.95. The fraction of sp³-hybridized carbons (Fsp3) is 0.538. The Morgan fingerprint density at radius 3 is 2.61 bits per heavy atom. The second-order valence-electron chi connectivity index (χ2n) is 5.16. The minimum atomic E-state index is -0.564. The van der Waals surface area contributed by atoms with E-state index in [0.717, 1.165) is 0 Å². The Morgan fingerprint density at radius 2 is 2.11 bits per heavy atom. The lowest BCUT2D eigenvalue weighted by atomic mass is 9.80. The molecule has 2 nitrogen and oxygen atoms in total. The van der Waals surface area contributed by atoms with Gasteiger partial charge in [0, 0.05) is 10.4 Å². The first-order chi connectivity index (χ1) is 8.40. The van der Waals surface area contributed by atoms with Crippen LogP contribution in [0.15, 0.2) is 18.2 Å². The Hall–Kier alpha value is -0.510. The molecule has 0 N–H and O–H groups in total. The highest BCUT2D eigenvalue weighted by Crippen LogP contribution is 2.45. The highest BCUT2D eigenvalue weighted by molar-refractivity contribution is 6.35. The molecule has 18 heavy (non-hydrogen) atoms. The Labute approximate surface area is 116 Å². The van der Waals surface area contributed by atoms with E-state index in [9.17, 15) is 4.39 Å². The highest BCUT2D eigenvalue weighted by atomic mass is 35.5. The van der Waals surface area contributed by atoms with Crippen molar-refractivity contribution in [2.24, 2.45) is 5.41 Å². The van der Waals surface area contributed by atoms with E-state index in [4.69, 9.17) is 32.7 Å². The molecular formula is C13H15Cl2FO2. The van der Waals surface area contributed by atoms with Crippen molar-refractivity contribution in [3.8, 4) is 5.75 Å². The Kier molecular flexibility index (Phi) is 3.77. The summed E-state index contributed by atoms with van der Waals surface area (Å²) < 4.78 is 24.0. The molecule has 1 aliphatic rings. The third-order valence-electron chi connectivity index (χ3n) is 3.42. The first-order valence-corrected chi connectivity index (χ1v) is 6.44. The Morgan fingerprint density at radius 1 is 1.44 bits per heavy atom. The van der Waals surface area contributed by atoms with Gasteiger partial charge >= 0.3 is 0 Å². The maximum atomic E-state index is 13.0. The van der Waals surface area contributed by atoms with Crippen LogP contribution in [0.2, 0.25) is 10.0 Å². The van der Waals surface area contributed by atoms with Gasteiger partial charge in [-0.15, -0.1) is 0 Å². The van der Waals surface area contributed by atoms with Crippen molar-refractivity contribution in [3.63, 3.8) is 0 Å². The van der Waals surface area contributed by atoms with Crippen LogP contribution in [0.3, 0.4) is 0 Å². The monoisotopic (exact) mass is 292 g/mol. The molecule has 1 aliphatic heterocycles. The van der Waals surface area contributed by atoms with Crippen molar-refractivity contribution >= 4 is 23.2 Å². The topological polar surface area (TPSA) is 21.8 Å². The van der Waals surface area contributed by atoms with E-state index in [2.05, 4.69) is 0 Å². The fourth-order valence-electron chi connectivity index (χ4n) is 1.66. The van der Waals surface area contributed by atoms with Crippen LogP contribution in [-0.4, -0.2) is 25.5 Å². The van der Waals surface area contributed by atoms with Crippen molar-refractivity contribution in [1.29, 1.82) is 0 Å². The van der Waals surface area contributed by atoms with E-state index >= 15 is 0 Å². The van der Waals surface area contributed by atoms with E-state index in [0.29, 0.717) is 22.4 Å². The molecule has 1 aromatic carbocycles. The molecule has 0 bridgehead atoms. The molecular weight excluding hydrogens is 278 g/mol. The summed E-state index contributed by atoms with van der Waals surface area (Å²) in [5, 5.41) is 0.991. The molecule has 5 heteroatoms. The molecule has 0 radical (unpaired) electrons. The first kappa shape index (κ1) is 13.9. The predicted octanol–water partition coefficient (Wildman–Crippen LogP) is 4.14. The van der Waals surface area contributed by atoms with Gasteiger partial charge < -0.3 is 9.47 Å². The molecule has 0 spiro atoms. The second-order valence-corrected chi connectivity index (χ2v) is 6.01. The molecule has 1 heterocycles. The van der Waals surface area contributed by atoms with Crippen LogP contribution in [-0.2, 0) is 4.74 Å². The maximum absolute atomic E-state index is 13.0. The van der Waals surface area contributed by atoms with Crippen molar-refractivity contribution in [1.82, 2.24) is 0 Å². The predicted molar refractivity (Wildman–Crippen MR) is 70.4 cm³/mol. The van der Waals surface area contributed by atoms with Gasteiger partial charge in [0.15, 0.2) is 0 Å². The fourth-order valence-corrected chi connectivity index (χ4v) is 2.13. The van der Waals surface area contributed by atoms with Gasteiger partial charge in [-0.05, 0) is 18.2 Å². The summed E-state index contributed by atoms with van der Waals surface area (Å²) in [4.78, 5) is 0. The quantitative estimate of drug-likeness (QED) is 0.761. The van der Waals surface area contributed by atoms with E-state index in [1.807, 2.05) is 13.8 Å². The second kappa shape index (κ2) is 4.87. The molecule has 1 atom stereocenters. The van der Waals surface area contributed by atoms with Gasteiger partial charge in [0.2, 0.25) is 0 Å². The standard InChI is InChI=1S/C13H15Cl2FO2/c1-12(2,6-16)13(8-18-13)7-17-11-4-3-9(14)5-10(11)15/h3-5H,6-8H2,1-2H3.